The number of hydrogen-bond donors (Lipinski definition) is 2. The van der Waals surface area contributed by atoms with Gasteiger partial charge in [-0.15, -0.1) is 0 Å². The van der Waals surface area contributed by atoms with Crippen LogP contribution in [-0.4, -0.2) is 29.9 Å². The van der Waals surface area contributed by atoms with Gasteiger partial charge in [0.15, 0.2) is 0 Å². The van der Waals surface area contributed by atoms with Crippen molar-refractivity contribution >= 4 is 28.9 Å². The number of nitrogens with one attached hydrogen (secondary N) is 1. The Balaban J connectivity index is 2.57. The molecule has 0 unspecified atom stereocenters. The molecule has 4 nitrogen and oxygen atoms in total. The molecule has 0 radical (unpaired) electrons. The van der Waals surface area contributed by atoms with Gasteiger partial charge in [0.25, 0.3) is 0 Å². The second kappa shape index (κ2) is 8.90. The molecule has 0 fully saturated rings. The monoisotopic (exact) mass is 311 g/mol. The van der Waals surface area contributed by atoms with E-state index in [1.807, 2.05) is 0 Å². The summed E-state index contributed by atoms with van der Waals surface area (Å²) in [4.78, 5) is 14.3. The number of nitrogens with two attached hydrogens (primary N) is 1. The van der Waals surface area contributed by atoms with E-state index < -0.39 is 0 Å². The lowest BCUT2D eigenvalue weighted by Gasteiger charge is -2.25. The van der Waals surface area contributed by atoms with Crippen molar-refractivity contribution in [3.63, 3.8) is 0 Å². The van der Waals surface area contributed by atoms with E-state index in [0.717, 1.165) is 13.0 Å². The summed E-state index contributed by atoms with van der Waals surface area (Å²) in [5, 5.41) is 3.41. The first-order chi connectivity index (χ1) is 9.93. The number of unbranched alkanes of at least 4 members (excludes halogenated alkanes) is 2. The number of carbonyl (C=O) groups is 1. The van der Waals surface area contributed by atoms with Crippen LogP contribution in [0.15, 0.2) is 18.2 Å². The van der Waals surface area contributed by atoms with Gasteiger partial charge in [-0.25, -0.2) is 0 Å². The molecule has 0 spiro atoms. The highest BCUT2D eigenvalue weighted by Gasteiger charge is 2.14. The van der Waals surface area contributed by atoms with Crippen LogP contribution in [0.3, 0.4) is 0 Å². The van der Waals surface area contributed by atoms with Crippen LogP contribution in [0, 0.1) is 0 Å². The van der Waals surface area contributed by atoms with Gasteiger partial charge in [0.1, 0.15) is 0 Å². The molecule has 0 aliphatic heterocycles. The number of amides is 1. The minimum atomic E-state index is -0.0470. The lowest BCUT2D eigenvalue weighted by Crippen LogP contribution is -2.38. The lowest BCUT2D eigenvalue weighted by atomic mass is 10.2. The van der Waals surface area contributed by atoms with Crippen LogP contribution in [0.2, 0.25) is 5.02 Å². The van der Waals surface area contributed by atoms with Gasteiger partial charge in [-0.3, -0.25) is 9.69 Å². The van der Waals surface area contributed by atoms with E-state index in [1.54, 1.807) is 18.2 Å². The largest absolute Gasteiger partial charge is 0.397 e. The number of rotatable bonds is 8. The number of nitrogen functional groups attached to an aromatic ring is 1. The summed E-state index contributed by atoms with van der Waals surface area (Å²) in [6.07, 6.45) is 3.49. The zero-order valence-electron chi connectivity index (χ0n) is 13.2. The van der Waals surface area contributed by atoms with Crippen molar-refractivity contribution in [2.75, 3.05) is 24.1 Å². The van der Waals surface area contributed by atoms with Crippen LogP contribution in [0.25, 0.3) is 0 Å². The van der Waals surface area contributed by atoms with Gasteiger partial charge in [0.05, 0.1) is 17.9 Å². The molecule has 0 atom stereocenters. The minimum absolute atomic E-state index is 0.0470. The quantitative estimate of drug-likeness (QED) is 0.567. The average Bonchev–Trinajstić information content (AvgIpc) is 2.41. The Morgan fingerprint density at radius 1 is 1.38 bits per heavy atom. The second-order valence-electron chi connectivity index (χ2n) is 5.55. The third-order valence-electron chi connectivity index (χ3n) is 3.41. The molecule has 1 aromatic carbocycles. The van der Waals surface area contributed by atoms with Crippen LogP contribution >= 0.6 is 11.6 Å². The number of carbonyl (C=O) groups excluding carboxylic acids is 1. The predicted molar refractivity (Wildman–Crippen MR) is 90.7 cm³/mol. The molecule has 21 heavy (non-hydrogen) atoms. The molecule has 0 bridgehead atoms. The summed E-state index contributed by atoms with van der Waals surface area (Å²) in [6.45, 7) is 7.71. The molecular weight excluding hydrogens is 286 g/mol. The maximum Gasteiger partial charge on any atom is 0.238 e. The number of benzene rings is 1. The molecular formula is C16H26ClN3O. The summed E-state index contributed by atoms with van der Waals surface area (Å²) in [7, 11) is 0. The Labute approximate surface area is 132 Å². The normalized spacial score (nSPS) is 11.1. The van der Waals surface area contributed by atoms with Gasteiger partial charge in [-0.1, -0.05) is 31.4 Å². The van der Waals surface area contributed by atoms with Crippen LogP contribution in [0.1, 0.15) is 40.0 Å². The molecule has 0 saturated heterocycles. The van der Waals surface area contributed by atoms with Crippen molar-refractivity contribution in [1.82, 2.24) is 4.90 Å². The Morgan fingerprint density at radius 2 is 2.10 bits per heavy atom. The summed E-state index contributed by atoms with van der Waals surface area (Å²) in [5.41, 5.74) is 6.94. The van der Waals surface area contributed by atoms with Gasteiger partial charge < -0.3 is 11.1 Å². The van der Waals surface area contributed by atoms with Crippen LogP contribution in [-0.2, 0) is 4.79 Å². The molecule has 1 aromatic rings. The molecule has 1 rings (SSSR count). The van der Waals surface area contributed by atoms with E-state index in [2.05, 4.69) is 31.0 Å². The zero-order chi connectivity index (χ0) is 15.8. The van der Waals surface area contributed by atoms with E-state index in [0.29, 0.717) is 29.0 Å². The first kappa shape index (κ1) is 17.8. The summed E-state index contributed by atoms with van der Waals surface area (Å²) < 4.78 is 0. The fourth-order valence-corrected chi connectivity index (χ4v) is 2.29. The van der Waals surface area contributed by atoms with E-state index in [4.69, 9.17) is 17.3 Å². The van der Waals surface area contributed by atoms with Crippen molar-refractivity contribution in [3.05, 3.63) is 23.2 Å². The molecule has 0 aliphatic carbocycles. The zero-order valence-corrected chi connectivity index (χ0v) is 13.9. The van der Waals surface area contributed by atoms with Gasteiger partial charge >= 0.3 is 0 Å². The number of halogens is 1. The molecule has 118 valence electrons. The molecule has 1 amide bonds. The van der Waals surface area contributed by atoms with Gasteiger partial charge in [-0.2, -0.15) is 0 Å². The maximum atomic E-state index is 12.2. The SMILES string of the molecule is CCCCCN(CC(=O)Nc1ccc(Cl)cc1N)C(C)C. The predicted octanol–water partition coefficient (Wildman–Crippen LogP) is 3.76. The van der Waals surface area contributed by atoms with Crippen LogP contribution in [0.4, 0.5) is 11.4 Å². The lowest BCUT2D eigenvalue weighted by molar-refractivity contribution is -0.117. The minimum Gasteiger partial charge on any atom is -0.397 e. The average molecular weight is 312 g/mol. The highest BCUT2D eigenvalue weighted by Crippen LogP contribution is 2.22. The van der Waals surface area contributed by atoms with Gasteiger partial charge in [0, 0.05) is 11.1 Å². The smallest absolute Gasteiger partial charge is 0.238 e. The third kappa shape index (κ3) is 6.36. The van der Waals surface area contributed by atoms with E-state index in [1.165, 1.54) is 12.8 Å². The topological polar surface area (TPSA) is 58.4 Å². The van der Waals surface area contributed by atoms with Crippen LogP contribution < -0.4 is 11.1 Å². The van der Waals surface area contributed by atoms with E-state index in [9.17, 15) is 4.79 Å². The fourth-order valence-electron chi connectivity index (χ4n) is 2.11. The number of nitrogens with zero attached hydrogens (tertiary/aromatic N) is 1. The molecule has 0 saturated carbocycles. The first-order valence-electron chi connectivity index (χ1n) is 7.53. The van der Waals surface area contributed by atoms with Gasteiger partial charge in [0.2, 0.25) is 5.91 Å². The first-order valence-corrected chi connectivity index (χ1v) is 7.90. The molecule has 0 aromatic heterocycles. The highest BCUT2D eigenvalue weighted by molar-refractivity contribution is 6.31. The van der Waals surface area contributed by atoms with Crippen molar-refractivity contribution in [3.8, 4) is 0 Å². The van der Waals surface area contributed by atoms with Crippen LogP contribution in [0.5, 0.6) is 0 Å². The Morgan fingerprint density at radius 3 is 2.67 bits per heavy atom. The second-order valence-corrected chi connectivity index (χ2v) is 5.99. The van der Waals surface area contributed by atoms with Crippen molar-refractivity contribution in [1.29, 1.82) is 0 Å². The Bertz CT molecular complexity index is 463. The van der Waals surface area contributed by atoms with E-state index >= 15 is 0 Å². The Hall–Kier alpha value is -1.26. The molecule has 5 heteroatoms. The molecule has 0 aliphatic rings. The third-order valence-corrected chi connectivity index (χ3v) is 3.65. The van der Waals surface area contributed by atoms with E-state index in [-0.39, 0.29) is 5.91 Å². The summed E-state index contributed by atoms with van der Waals surface area (Å²) in [5.74, 6) is -0.0470. The molecule has 0 heterocycles. The van der Waals surface area contributed by atoms with Crippen molar-refractivity contribution < 1.29 is 4.79 Å². The number of hydrogen-bond acceptors (Lipinski definition) is 3. The summed E-state index contributed by atoms with van der Waals surface area (Å²) in [6, 6.07) is 5.43. The fraction of sp³-hybridized carbons (Fsp3) is 0.562. The molecule has 3 N–H and O–H groups in total. The highest BCUT2D eigenvalue weighted by atomic mass is 35.5. The Kier molecular flexibility index (Phi) is 7.54. The number of anilines is 2. The maximum absolute atomic E-state index is 12.2. The summed E-state index contributed by atoms with van der Waals surface area (Å²) >= 11 is 5.85. The standard InChI is InChI=1S/C16H26ClN3O/c1-4-5-6-9-20(12(2)3)11-16(21)19-15-8-7-13(17)10-14(15)18/h7-8,10,12H,4-6,9,11,18H2,1-3H3,(H,19,21). The van der Waals surface area contributed by atoms with Crippen molar-refractivity contribution in [2.45, 2.75) is 46.1 Å². The van der Waals surface area contributed by atoms with Crippen molar-refractivity contribution in [2.24, 2.45) is 0 Å². The van der Waals surface area contributed by atoms with Gasteiger partial charge in [-0.05, 0) is 45.0 Å².